The highest BCUT2D eigenvalue weighted by Crippen LogP contribution is 2.17. The second kappa shape index (κ2) is 7.27. The number of hydrogen-bond acceptors (Lipinski definition) is 2. The van der Waals surface area contributed by atoms with E-state index in [2.05, 4.69) is 5.32 Å². The maximum absolute atomic E-state index is 12.2. The summed E-state index contributed by atoms with van der Waals surface area (Å²) in [5, 5.41) is 3.32. The highest BCUT2D eigenvalue weighted by atomic mass is 35.5. The van der Waals surface area contributed by atoms with Crippen molar-refractivity contribution in [3.63, 3.8) is 0 Å². The van der Waals surface area contributed by atoms with Gasteiger partial charge in [-0.2, -0.15) is 0 Å². The molecule has 1 fully saturated rings. The summed E-state index contributed by atoms with van der Waals surface area (Å²) in [6.07, 6.45) is 5.01. The van der Waals surface area contributed by atoms with Crippen molar-refractivity contribution in [2.75, 3.05) is 20.1 Å². The maximum atomic E-state index is 12.2. The van der Waals surface area contributed by atoms with Crippen LogP contribution in [0.15, 0.2) is 30.3 Å². The highest BCUT2D eigenvalue weighted by Gasteiger charge is 2.26. The molecule has 0 aromatic heterocycles. The zero-order valence-electron chi connectivity index (χ0n) is 12.0. The summed E-state index contributed by atoms with van der Waals surface area (Å²) in [4.78, 5) is 25.6. The number of halogens is 1. The third kappa shape index (κ3) is 4.33. The Morgan fingerprint density at radius 1 is 1.33 bits per heavy atom. The first-order chi connectivity index (χ1) is 10.1. The van der Waals surface area contributed by atoms with E-state index in [0.717, 1.165) is 18.4 Å². The molecule has 1 N–H and O–H groups in total. The molecular formula is C16H19ClN2O2. The van der Waals surface area contributed by atoms with E-state index in [4.69, 9.17) is 11.6 Å². The lowest BCUT2D eigenvalue weighted by Crippen LogP contribution is -2.44. The third-order valence-electron chi connectivity index (χ3n) is 3.64. The van der Waals surface area contributed by atoms with E-state index in [1.165, 1.54) is 0 Å². The van der Waals surface area contributed by atoms with Gasteiger partial charge in [0, 0.05) is 31.2 Å². The van der Waals surface area contributed by atoms with E-state index in [0.29, 0.717) is 18.1 Å². The summed E-state index contributed by atoms with van der Waals surface area (Å²) in [7, 11) is 1.63. The van der Waals surface area contributed by atoms with Crippen molar-refractivity contribution in [3.8, 4) is 0 Å². The molecule has 1 heterocycles. The number of likely N-dealkylation sites (tertiary alicyclic amines) is 1. The predicted molar refractivity (Wildman–Crippen MR) is 83.9 cm³/mol. The maximum Gasteiger partial charge on any atom is 0.246 e. The van der Waals surface area contributed by atoms with Gasteiger partial charge in [0.2, 0.25) is 11.8 Å². The van der Waals surface area contributed by atoms with Gasteiger partial charge in [-0.3, -0.25) is 9.59 Å². The van der Waals surface area contributed by atoms with Crippen molar-refractivity contribution in [1.82, 2.24) is 10.2 Å². The summed E-state index contributed by atoms with van der Waals surface area (Å²) >= 11 is 5.82. The summed E-state index contributed by atoms with van der Waals surface area (Å²) < 4.78 is 0. The zero-order chi connectivity index (χ0) is 15.2. The summed E-state index contributed by atoms with van der Waals surface area (Å²) in [5.41, 5.74) is 0.924. The van der Waals surface area contributed by atoms with E-state index >= 15 is 0 Å². The first kappa shape index (κ1) is 15.6. The molecule has 0 unspecified atom stereocenters. The molecule has 1 saturated heterocycles. The minimum absolute atomic E-state index is 0.00850. The van der Waals surface area contributed by atoms with Gasteiger partial charge in [-0.05, 0) is 36.6 Å². The molecule has 2 rings (SSSR count). The van der Waals surface area contributed by atoms with Gasteiger partial charge in [0.15, 0.2) is 0 Å². The van der Waals surface area contributed by atoms with Crippen molar-refractivity contribution in [2.24, 2.45) is 5.92 Å². The summed E-state index contributed by atoms with van der Waals surface area (Å²) in [6, 6.07) is 7.29. The van der Waals surface area contributed by atoms with Gasteiger partial charge in [-0.25, -0.2) is 0 Å². The van der Waals surface area contributed by atoms with Crippen molar-refractivity contribution in [3.05, 3.63) is 40.9 Å². The first-order valence-electron chi connectivity index (χ1n) is 7.04. The number of benzene rings is 1. The number of piperidine rings is 1. The number of carbonyl (C=O) groups is 2. The molecule has 1 aromatic carbocycles. The number of nitrogens with one attached hydrogen (secondary N) is 1. The van der Waals surface area contributed by atoms with Gasteiger partial charge in [0.25, 0.3) is 0 Å². The largest absolute Gasteiger partial charge is 0.359 e. The van der Waals surface area contributed by atoms with Crippen molar-refractivity contribution < 1.29 is 9.59 Å². The van der Waals surface area contributed by atoms with Crippen LogP contribution in [0, 0.1) is 5.92 Å². The van der Waals surface area contributed by atoms with Gasteiger partial charge >= 0.3 is 0 Å². The molecule has 21 heavy (non-hydrogen) atoms. The summed E-state index contributed by atoms with van der Waals surface area (Å²) in [5.74, 6) is -0.149. The molecule has 1 aliphatic heterocycles. The molecule has 1 aromatic rings. The normalized spacial score (nSPS) is 18.8. The van der Waals surface area contributed by atoms with Gasteiger partial charge < -0.3 is 10.2 Å². The standard InChI is InChI=1S/C16H19ClN2O2/c1-18-16(21)13-3-2-10-19(11-13)15(20)9-6-12-4-7-14(17)8-5-12/h4-9,13H,2-3,10-11H2,1H3,(H,18,21)/b9-6+/t13-/m0/s1. The minimum atomic E-state index is -0.100. The topological polar surface area (TPSA) is 49.4 Å². The quantitative estimate of drug-likeness (QED) is 0.871. The lowest BCUT2D eigenvalue weighted by Gasteiger charge is -2.31. The fourth-order valence-electron chi connectivity index (χ4n) is 2.44. The van der Waals surface area contributed by atoms with Crippen LogP contribution in [-0.2, 0) is 9.59 Å². The Bertz CT molecular complexity index is 540. The van der Waals surface area contributed by atoms with Crippen LogP contribution in [0.2, 0.25) is 5.02 Å². The van der Waals surface area contributed by atoms with Gasteiger partial charge in [-0.15, -0.1) is 0 Å². The Kier molecular flexibility index (Phi) is 5.39. The SMILES string of the molecule is CNC(=O)[C@H]1CCCN(C(=O)/C=C/c2ccc(Cl)cc2)C1. The van der Waals surface area contributed by atoms with Crippen LogP contribution in [0.4, 0.5) is 0 Å². The van der Waals surface area contributed by atoms with Gasteiger partial charge in [0.05, 0.1) is 5.92 Å². The molecule has 1 aliphatic rings. The van der Waals surface area contributed by atoms with E-state index in [1.807, 2.05) is 12.1 Å². The first-order valence-corrected chi connectivity index (χ1v) is 7.42. The van der Waals surface area contributed by atoms with Gasteiger partial charge in [-0.1, -0.05) is 23.7 Å². The van der Waals surface area contributed by atoms with E-state index in [9.17, 15) is 9.59 Å². The molecule has 112 valence electrons. The average Bonchev–Trinajstić information content (AvgIpc) is 2.53. The Hall–Kier alpha value is -1.81. The van der Waals surface area contributed by atoms with Crippen molar-refractivity contribution >= 4 is 29.5 Å². The van der Waals surface area contributed by atoms with Crippen molar-refractivity contribution in [2.45, 2.75) is 12.8 Å². The fourth-order valence-corrected chi connectivity index (χ4v) is 2.57. The predicted octanol–water partition coefficient (Wildman–Crippen LogP) is 2.34. The van der Waals surface area contributed by atoms with Crippen LogP contribution in [0.25, 0.3) is 6.08 Å². The summed E-state index contributed by atoms with van der Waals surface area (Å²) in [6.45, 7) is 1.20. The monoisotopic (exact) mass is 306 g/mol. The van der Waals surface area contributed by atoms with Crippen molar-refractivity contribution in [1.29, 1.82) is 0 Å². The molecule has 0 radical (unpaired) electrons. The number of rotatable bonds is 3. The Labute approximate surface area is 129 Å². The van der Waals surface area contributed by atoms with E-state index in [1.54, 1.807) is 36.2 Å². The van der Waals surface area contributed by atoms with E-state index in [-0.39, 0.29) is 17.7 Å². The third-order valence-corrected chi connectivity index (χ3v) is 3.89. The lowest BCUT2D eigenvalue weighted by atomic mass is 9.97. The van der Waals surface area contributed by atoms with Crippen LogP contribution >= 0.6 is 11.6 Å². The second-order valence-corrected chi connectivity index (χ2v) is 5.56. The lowest BCUT2D eigenvalue weighted by molar-refractivity contribution is -0.131. The molecule has 4 nitrogen and oxygen atoms in total. The number of nitrogens with zero attached hydrogens (tertiary/aromatic N) is 1. The molecule has 0 aliphatic carbocycles. The molecular weight excluding hydrogens is 288 g/mol. The van der Waals surface area contributed by atoms with Crippen LogP contribution in [0.3, 0.4) is 0 Å². The highest BCUT2D eigenvalue weighted by molar-refractivity contribution is 6.30. The molecule has 0 spiro atoms. The molecule has 0 bridgehead atoms. The van der Waals surface area contributed by atoms with Crippen LogP contribution in [0.1, 0.15) is 18.4 Å². The Balaban J connectivity index is 1.96. The molecule has 2 amide bonds. The van der Waals surface area contributed by atoms with E-state index < -0.39 is 0 Å². The van der Waals surface area contributed by atoms with Crippen LogP contribution in [0.5, 0.6) is 0 Å². The fraction of sp³-hybridized carbons (Fsp3) is 0.375. The minimum Gasteiger partial charge on any atom is -0.359 e. The zero-order valence-corrected chi connectivity index (χ0v) is 12.8. The number of hydrogen-bond donors (Lipinski definition) is 1. The van der Waals surface area contributed by atoms with Crippen LogP contribution in [-0.4, -0.2) is 36.9 Å². The Morgan fingerprint density at radius 3 is 2.71 bits per heavy atom. The molecule has 1 atom stereocenters. The number of carbonyl (C=O) groups excluding carboxylic acids is 2. The smallest absolute Gasteiger partial charge is 0.246 e. The molecule has 0 saturated carbocycles. The number of amides is 2. The van der Waals surface area contributed by atoms with Gasteiger partial charge in [0.1, 0.15) is 0 Å². The Morgan fingerprint density at radius 2 is 2.05 bits per heavy atom. The average molecular weight is 307 g/mol. The van der Waals surface area contributed by atoms with Crippen LogP contribution < -0.4 is 5.32 Å². The second-order valence-electron chi connectivity index (χ2n) is 5.12. The molecule has 5 heteroatoms.